The number of hydrogen-bond donors (Lipinski definition) is 1. The zero-order chi connectivity index (χ0) is 14.8. The molecule has 0 saturated carbocycles. The van der Waals surface area contributed by atoms with Gasteiger partial charge in [0, 0.05) is 11.9 Å². The van der Waals surface area contributed by atoms with Crippen LogP contribution in [0.25, 0.3) is 0 Å². The summed E-state index contributed by atoms with van der Waals surface area (Å²) in [6, 6.07) is 7.95. The van der Waals surface area contributed by atoms with E-state index in [1.165, 1.54) is 30.5 Å². The van der Waals surface area contributed by atoms with Crippen LogP contribution in [-0.4, -0.2) is 10.9 Å². The second-order valence-corrected chi connectivity index (χ2v) is 4.19. The molecule has 0 aliphatic carbocycles. The van der Waals surface area contributed by atoms with Gasteiger partial charge in [-0.15, -0.1) is 0 Å². The Balaban J connectivity index is 2.26. The normalized spacial score (nSPS) is 11.2. The van der Waals surface area contributed by atoms with E-state index in [-0.39, 0.29) is 11.3 Å². The summed E-state index contributed by atoms with van der Waals surface area (Å²) in [5.74, 6) is -0.630. The van der Waals surface area contributed by atoms with E-state index in [2.05, 4.69) is 10.3 Å². The fourth-order valence-electron chi connectivity index (χ4n) is 1.64. The van der Waals surface area contributed by atoms with Crippen LogP contribution in [0.1, 0.15) is 21.6 Å². The number of halogens is 3. The first-order valence-electron chi connectivity index (χ1n) is 5.78. The van der Waals surface area contributed by atoms with Crippen molar-refractivity contribution in [2.24, 2.45) is 0 Å². The van der Waals surface area contributed by atoms with E-state index in [1.807, 2.05) is 0 Å². The zero-order valence-corrected chi connectivity index (χ0v) is 10.5. The number of benzene rings is 1. The fourth-order valence-corrected chi connectivity index (χ4v) is 1.64. The molecular weight excluding hydrogens is 269 g/mol. The monoisotopic (exact) mass is 280 g/mol. The van der Waals surface area contributed by atoms with Gasteiger partial charge in [0.25, 0.3) is 5.91 Å². The summed E-state index contributed by atoms with van der Waals surface area (Å²) in [5.41, 5.74) is -0.233. The lowest BCUT2D eigenvalue weighted by molar-refractivity contribution is -0.136. The number of aryl methyl sites for hydroxylation is 1. The Kier molecular flexibility index (Phi) is 3.74. The van der Waals surface area contributed by atoms with Gasteiger partial charge in [-0.3, -0.25) is 9.78 Å². The van der Waals surface area contributed by atoms with E-state index in [9.17, 15) is 18.0 Å². The number of para-hydroxylation sites is 1. The first kappa shape index (κ1) is 14.0. The molecule has 1 aromatic heterocycles. The van der Waals surface area contributed by atoms with E-state index in [4.69, 9.17) is 0 Å². The zero-order valence-electron chi connectivity index (χ0n) is 10.5. The molecule has 0 spiro atoms. The van der Waals surface area contributed by atoms with Gasteiger partial charge >= 0.3 is 6.18 Å². The molecule has 3 nitrogen and oxygen atoms in total. The summed E-state index contributed by atoms with van der Waals surface area (Å²) in [5, 5.41) is 2.25. The highest BCUT2D eigenvalue weighted by Gasteiger charge is 2.33. The molecule has 1 aromatic carbocycles. The van der Waals surface area contributed by atoms with Crippen LogP contribution < -0.4 is 5.32 Å². The quantitative estimate of drug-likeness (QED) is 0.912. The summed E-state index contributed by atoms with van der Waals surface area (Å²) in [7, 11) is 0. The summed E-state index contributed by atoms with van der Waals surface area (Å²) in [4.78, 5) is 15.8. The minimum absolute atomic E-state index is 0.201. The third kappa shape index (κ3) is 3.14. The van der Waals surface area contributed by atoms with Crippen LogP contribution in [0.3, 0.4) is 0 Å². The van der Waals surface area contributed by atoms with Crippen molar-refractivity contribution in [3.63, 3.8) is 0 Å². The predicted molar refractivity (Wildman–Crippen MR) is 68.4 cm³/mol. The Hall–Kier alpha value is -2.37. The SMILES string of the molecule is Cc1ccc(C(=O)Nc2ccccc2C(F)(F)F)cn1. The molecule has 6 heteroatoms. The molecule has 0 saturated heterocycles. The Morgan fingerprint density at radius 2 is 1.85 bits per heavy atom. The van der Waals surface area contributed by atoms with Gasteiger partial charge in [0.05, 0.1) is 16.8 Å². The van der Waals surface area contributed by atoms with Crippen molar-refractivity contribution >= 4 is 11.6 Å². The lowest BCUT2D eigenvalue weighted by Gasteiger charge is -2.13. The maximum Gasteiger partial charge on any atom is 0.418 e. The van der Waals surface area contributed by atoms with Crippen LogP contribution >= 0.6 is 0 Å². The van der Waals surface area contributed by atoms with Gasteiger partial charge in [-0.25, -0.2) is 0 Å². The molecule has 1 N–H and O–H groups in total. The molecule has 0 bridgehead atoms. The first-order valence-corrected chi connectivity index (χ1v) is 5.78. The van der Waals surface area contributed by atoms with E-state index in [1.54, 1.807) is 13.0 Å². The van der Waals surface area contributed by atoms with E-state index >= 15 is 0 Å². The predicted octanol–water partition coefficient (Wildman–Crippen LogP) is 3.66. The number of anilines is 1. The van der Waals surface area contributed by atoms with Crippen molar-refractivity contribution in [3.8, 4) is 0 Å². The number of alkyl halides is 3. The third-order valence-corrected chi connectivity index (χ3v) is 2.65. The Bertz CT molecular complexity index is 621. The van der Waals surface area contributed by atoms with Crippen LogP contribution in [0.2, 0.25) is 0 Å². The Labute approximate surface area is 113 Å². The molecule has 0 aliphatic rings. The average Bonchev–Trinajstić information content (AvgIpc) is 2.38. The number of carbonyl (C=O) groups excluding carboxylic acids is 1. The summed E-state index contributed by atoms with van der Waals surface area (Å²) in [6.07, 6.45) is -3.20. The standard InChI is InChI=1S/C14H11F3N2O/c1-9-6-7-10(8-18-9)13(20)19-12-5-3-2-4-11(12)14(15,16)17/h2-8H,1H3,(H,19,20). The molecule has 1 amide bonds. The average molecular weight is 280 g/mol. The molecule has 1 heterocycles. The lowest BCUT2D eigenvalue weighted by Crippen LogP contribution is -2.16. The highest BCUT2D eigenvalue weighted by Crippen LogP contribution is 2.34. The molecule has 0 radical (unpaired) electrons. The van der Waals surface area contributed by atoms with Crippen molar-refractivity contribution in [2.75, 3.05) is 5.32 Å². The molecule has 104 valence electrons. The molecule has 0 atom stereocenters. The summed E-state index contributed by atoms with van der Waals surface area (Å²) in [6.45, 7) is 1.75. The van der Waals surface area contributed by atoms with Gasteiger partial charge < -0.3 is 5.32 Å². The van der Waals surface area contributed by atoms with Crippen LogP contribution in [0, 0.1) is 6.92 Å². The van der Waals surface area contributed by atoms with Gasteiger partial charge in [-0.05, 0) is 31.2 Å². The molecule has 2 rings (SSSR count). The maximum absolute atomic E-state index is 12.8. The smallest absolute Gasteiger partial charge is 0.321 e. The number of carbonyl (C=O) groups is 1. The van der Waals surface area contributed by atoms with Gasteiger partial charge in [0.2, 0.25) is 0 Å². The topological polar surface area (TPSA) is 42.0 Å². The van der Waals surface area contributed by atoms with Crippen molar-refractivity contribution in [1.29, 1.82) is 0 Å². The highest BCUT2D eigenvalue weighted by atomic mass is 19.4. The van der Waals surface area contributed by atoms with Crippen molar-refractivity contribution in [2.45, 2.75) is 13.1 Å². The minimum Gasteiger partial charge on any atom is -0.321 e. The third-order valence-electron chi connectivity index (χ3n) is 2.65. The lowest BCUT2D eigenvalue weighted by atomic mass is 10.1. The van der Waals surface area contributed by atoms with Gasteiger partial charge in [0.15, 0.2) is 0 Å². The Morgan fingerprint density at radius 1 is 1.15 bits per heavy atom. The van der Waals surface area contributed by atoms with Crippen molar-refractivity contribution in [3.05, 3.63) is 59.4 Å². The van der Waals surface area contributed by atoms with E-state index in [0.717, 1.165) is 11.8 Å². The van der Waals surface area contributed by atoms with Crippen molar-refractivity contribution < 1.29 is 18.0 Å². The second-order valence-electron chi connectivity index (χ2n) is 4.19. The highest BCUT2D eigenvalue weighted by molar-refractivity contribution is 6.04. The first-order chi connectivity index (χ1) is 9.38. The number of amides is 1. The van der Waals surface area contributed by atoms with Crippen molar-refractivity contribution in [1.82, 2.24) is 4.98 Å². The molecule has 2 aromatic rings. The van der Waals surface area contributed by atoms with E-state index in [0.29, 0.717) is 0 Å². The summed E-state index contributed by atoms with van der Waals surface area (Å²) >= 11 is 0. The summed E-state index contributed by atoms with van der Waals surface area (Å²) < 4.78 is 38.4. The molecule has 0 fully saturated rings. The van der Waals surface area contributed by atoms with Crippen LogP contribution in [0.4, 0.5) is 18.9 Å². The largest absolute Gasteiger partial charge is 0.418 e. The number of pyridine rings is 1. The minimum atomic E-state index is -4.52. The second kappa shape index (κ2) is 5.32. The van der Waals surface area contributed by atoms with Gasteiger partial charge in [-0.2, -0.15) is 13.2 Å². The number of nitrogens with one attached hydrogen (secondary N) is 1. The number of rotatable bonds is 2. The van der Waals surface area contributed by atoms with Gasteiger partial charge in [-0.1, -0.05) is 12.1 Å². The number of nitrogens with zero attached hydrogens (tertiary/aromatic N) is 1. The van der Waals surface area contributed by atoms with Crippen LogP contribution in [0.5, 0.6) is 0 Å². The Morgan fingerprint density at radius 3 is 2.45 bits per heavy atom. The maximum atomic E-state index is 12.8. The van der Waals surface area contributed by atoms with Gasteiger partial charge in [0.1, 0.15) is 0 Å². The van der Waals surface area contributed by atoms with Crippen LogP contribution in [-0.2, 0) is 6.18 Å². The number of aromatic nitrogens is 1. The van der Waals surface area contributed by atoms with Crippen LogP contribution in [0.15, 0.2) is 42.6 Å². The number of hydrogen-bond acceptors (Lipinski definition) is 2. The fraction of sp³-hybridized carbons (Fsp3) is 0.143. The molecular formula is C14H11F3N2O. The molecule has 0 aliphatic heterocycles. The van der Waals surface area contributed by atoms with E-state index < -0.39 is 17.6 Å². The molecule has 20 heavy (non-hydrogen) atoms. The molecule has 0 unspecified atom stereocenters.